The van der Waals surface area contributed by atoms with E-state index in [0.29, 0.717) is 6.04 Å². The van der Waals surface area contributed by atoms with E-state index in [0.717, 1.165) is 43.5 Å². The van der Waals surface area contributed by atoms with E-state index in [1.54, 1.807) is 6.20 Å². The molecule has 0 fully saturated rings. The first-order valence-corrected chi connectivity index (χ1v) is 7.73. The highest BCUT2D eigenvalue weighted by Crippen LogP contribution is 2.34. The summed E-state index contributed by atoms with van der Waals surface area (Å²) in [7, 11) is 1.93. The fraction of sp³-hybridized carbons (Fsp3) is 0.533. The van der Waals surface area contributed by atoms with Gasteiger partial charge < -0.3 is 5.11 Å². The maximum absolute atomic E-state index is 10.0. The summed E-state index contributed by atoms with van der Waals surface area (Å²) < 4.78 is 1.94. The van der Waals surface area contributed by atoms with Crippen molar-refractivity contribution in [3.8, 4) is 0 Å². The number of likely N-dealkylation sites (N-methyl/N-ethyl adjacent to an activating group) is 1. The van der Waals surface area contributed by atoms with Crippen LogP contribution in [0.2, 0.25) is 0 Å². The third-order valence-corrected chi connectivity index (χ3v) is 4.78. The number of rotatable bonds is 2. The summed E-state index contributed by atoms with van der Waals surface area (Å²) in [6.45, 7) is 0.848. The van der Waals surface area contributed by atoms with Crippen LogP contribution in [0.5, 0.6) is 0 Å². The van der Waals surface area contributed by atoms with Gasteiger partial charge in [0.2, 0.25) is 0 Å². The number of hydrogen-bond acceptors (Lipinski definition) is 5. The molecule has 0 aromatic carbocycles. The van der Waals surface area contributed by atoms with Crippen molar-refractivity contribution in [1.82, 2.24) is 30.1 Å². The molecule has 2 aliphatic rings. The van der Waals surface area contributed by atoms with Gasteiger partial charge in [-0.2, -0.15) is 5.10 Å². The van der Waals surface area contributed by atoms with Crippen molar-refractivity contribution < 1.29 is 5.11 Å². The molecule has 0 spiro atoms. The van der Waals surface area contributed by atoms with Gasteiger partial charge in [-0.3, -0.25) is 10.00 Å². The topological polar surface area (TPSA) is 82.9 Å². The Morgan fingerprint density at radius 3 is 3.05 bits per heavy atom. The molecule has 1 aliphatic heterocycles. The van der Waals surface area contributed by atoms with Crippen LogP contribution in [0.25, 0.3) is 5.57 Å². The Labute approximate surface area is 128 Å². The summed E-state index contributed by atoms with van der Waals surface area (Å²) in [6.07, 6.45) is 8.89. The van der Waals surface area contributed by atoms with Crippen LogP contribution in [0.15, 0.2) is 18.5 Å². The van der Waals surface area contributed by atoms with Crippen LogP contribution < -0.4 is 0 Å². The van der Waals surface area contributed by atoms with Crippen molar-refractivity contribution in [2.75, 3.05) is 13.6 Å². The zero-order valence-corrected chi connectivity index (χ0v) is 12.6. The Morgan fingerprint density at radius 2 is 2.27 bits per heavy atom. The molecule has 0 radical (unpaired) electrons. The largest absolute Gasteiger partial charge is 0.375 e. The molecule has 3 heterocycles. The molecule has 7 heteroatoms. The van der Waals surface area contributed by atoms with Crippen LogP contribution in [0, 0.1) is 0 Å². The van der Waals surface area contributed by atoms with Gasteiger partial charge in [0.25, 0.3) is 0 Å². The molecule has 2 unspecified atom stereocenters. The molecule has 116 valence electrons. The Kier molecular flexibility index (Phi) is 3.31. The highest BCUT2D eigenvalue weighted by molar-refractivity contribution is 5.67. The molecule has 7 nitrogen and oxygen atoms in total. The number of nitrogens with one attached hydrogen (secondary N) is 1. The van der Waals surface area contributed by atoms with Crippen LogP contribution >= 0.6 is 0 Å². The van der Waals surface area contributed by atoms with Gasteiger partial charge in [-0.15, -0.1) is 5.10 Å². The van der Waals surface area contributed by atoms with Gasteiger partial charge in [0.15, 0.2) is 0 Å². The minimum absolute atomic E-state index is 0.336. The maximum atomic E-state index is 10.0. The zero-order chi connectivity index (χ0) is 15.1. The molecule has 22 heavy (non-hydrogen) atoms. The van der Waals surface area contributed by atoms with Crippen molar-refractivity contribution in [3.05, 3.63) is 35.4 Å². The Balaban J connectivity index is 1.65. The van der Waals surface area contributed by atoms with E-state index in [9.17, 15) is 5.11 Å². The number of H-pyrrole nitrogens is 1. The third-order valence-electron chi connectivity index (χ3n) is 4.78. The second-order valence-electron chi connectivity index (χ2n) is 6.15. The Bertz CT molecular complexity index is 689. The average Bonchev–Trinajstić information content (AvgIpc) is 3.18. The Hall–Kier alpha value is -1.99. The van der Waals surface area contributed by atoms with Gasteiger partial charge in [-0.25, -0.2) is 4.68 Å². The molecule has 2 N–H and O–H groups in total. The van der Waals surface area contributed by atoms with Crippen LogP contribution in [0.4, 0.5) is 0 Å². The minimum atomic E-state index is -0.522. The first-order chi connectivity index (χ1) is 10.7. The Morgan fingerprint density at radius 1 is 1.36 bits per heavy atom. The summed E-state index contributed by atoms with van der Waals surface area (Å²) in [4.78, 5) is 1.93. The van der Waals surface area contributed by atoms with E-state index < -0.39 is 6.23 Å². The average molecular weight is 300 g/mol. The van der Waals surface area contributed by atoms with Crippen LogP contribution in [0.1, 0.15) is 35.8 Å². The van der Waals surface area contributed by atoms with Crippen molar-refractivity contribution >= 4 is 5.57 Å². The number of aliphatic hydroxyl groups is 1. The van der Waals surface area contributed by atoms with Gasteiger partial charge in [-0.05, 0) is 44.4 Å². The normalized spacial score (nSPS) is 25.8. The van der Waals surface area contributed by atoms with Gasteiger partial charge in [0, 0.05) is 24.0 Å². The predicted molar refractivity (Wildman–Crippen MR) is 80.9 cm³/mol. The molecular weight excluding hydrogens is 280 g/mol. The number of aromatic nitrogens is 5. The molecular formula is C15H20N6O. The first-order valence-electron chi connectivity index (χ1n) is 7.73. The van der Waals surface area contributed by atoms with E-state index in [4.69, 9.17) is 0 Å². The number of fused-ring (bicyclic) bond motifs is 1. The lowest BCUT2D eigenvalue weighted by molar-refractivity contribution is 0.0596. The molecule has 2 atom stereocenters. The molecule has 0 amide bonds. The predicted octanol–water partition coefficient (Wildman–Crippen LogP) is 0.768. The smallest absolute Gasteiger partial charge is 0.126 e. The van der Waals surface area contributed by atoms with Crippen molar-refractivity contribution in [2.24, 2.45) is 0 Å². The lowest BCUT2D eigenvalue weighted by Crippen LogP contribution is -2.34. The molecule has 2 aromatic heterocycles. The lowest BCUT2D eigenvalue weighted by atomic mass is 9.89. The van der Waals surface area contributed by atoms with Gasteiger partial charge in [0.05, 0.1) is 17.9 Å². The number of nitrogens with zero attached hydrogens (tertiary/aromatic N) is 5. The van der Waals surface area contributed by atoms with Gasteiger partial charge in [0.1, 0.15) is 6.23 Å². The van der Waals surface area contributed by atoms with E-state index in [1.165, 1.54) is 11.3 Å². The standard InChI is InChI=1S/C15H20N6O/c1-20-6-4-10(8-14(20)22)15-12-9-11(21-7-5-16-19-21)2-3-13(12)17-18-15/h5,7-8,11,14,22H,2-4,6,9H2,1H3,(H,17,18). The molecule has 0 bridgehead atoms. The zero-order valence-electron chi connectivity index (χ0n) is 12.6. The van der Waals surface area contributed by atoms with Crippen molar-refractivity contribution in [3.63, 3.8) is 0 Å². The highest BCUT2D eigenvalue weighted by atomic mass is 16.3. The van der Waals surface area contributed by atoms with Gasteiger partial charge in [-0.1, -0.05) is 5.21 Å². The van der Waals surface area contributed by atoms with Gasteiger partial charge >= 0.3 is 0 Å². The fourth-order valence-electron chi connectivity index (χ4n) is 3.40. The second-order valence-corrected chi connectivity index (χ2v) is 6.15. The SMILES string of the molecule is CN1CCC(c2n[nH]c3c2CC(n2ccnn2)CC3)=CC1O. The number of hydrogen-bond donors (Lipinski definition) is 2. The van der Waals surface area contributed by atoms with Crippen LogP contribution in [-0.2, 0) is 12.8 Å². The van der Waals surface area contributed by atoms with E-state index >= 15 is 0 Å². The summed E-state index contributed by atoms with van der Waals surface area (Å²) in [5, 5.41) is 25.8. The first kappa shape index (κ1) is 13.7. The second kappa shape index (κ2) is 5.33. The van der Waals surface area contributed by atoms with Crippen molar-refractivity contribution in [1.29, 1.82) is 0 Å². The van der Waals surface area contributed by atoms with E-state index in [-0.39, 0.29) is 0 Å². The number of aromatic amines is 1. The maximum Gasteiger partial charge on any atom is 0.126 e. The quantitative estimate of drug-likeness (QED) is 0.856. The molecule has 0 saturated heterocycles. The summed E-state index contributed by atoms with van der Waals surface area (Å²) >= 11 is 0. The third kappa shape index (κ3) is 2.26. The van der Waals surface area contributed by atoms with Crippen molar-refractivity contribution in [2.45, 2.75) is 38.0 Å². The highest BCUT2D eigenvalue weighted by Gasteiger charge is 2.28. The minimum Gasteiger partial charge on any atom is -0.375 e. The van der Waals surface area contributed by atoms with Crippen LogP contribution in [0.3, 0.4) is 0 Å². The fourth-order valence-corrected chi connectivity index (χ4v) is 3.40. The monoisotopic (exact) mass is 300 g/mol. The molecule has 4 rings (SSSR count). The molecule has 2 aromatic rings. The lowest BCUT2D eigenvalue weighted by Gasteiger charge is -2.28. The van der Waals surface area contributed by atoms with E-state index in [1.807, 2.05) is 28.9 Å². The van der Waals surface area contributed by atoms with Crippen LogP contribution in [-0.4, -0.2) is 55.0 Å². The number of aliphatic hydroxyl groups excluding tert-OH is 1. The summed E-state index contributed by atoms with van der Waals surface area (Å²) in [5.41, 5.74) is 4.66. The summed E-state index contributed by atoms with van der Waals surface area (Å²) in [5.74, 6) is 0. The van der Waals surface area contributed by atoms with E-state index in [2.05, 4.69) is 20.5 Å². The molecule has 0 saturated carbocycles. The summed E-state index contributed by atoms with van der Waals surface area (Å²) in [6, 6.07) is 0.336. The molecule has 1 aliphatic carbocycles. The number of aryl methyl sites for hydroxylation is 1.